The molecular weight excluding hydrogens is 294 g/mol. The first-order valence-corrected chi connectivity index (χ1v) is 8.90. The molecule has 4 nitrogen and oxygen atoms in total. The fourth-order valence-corrected chi connectivity index (χ4v) is 4.28. The molecule has 2 fully saturated rings. The van der Waals surface area contributed by atoms with Gasteiger partial charge in [0.05, 0.1) is 11.8 Å². The van der Waals surface area contributed by atoms with E-state index in [0.717, 1.165) is 31.0 Å². The first-order valence-electron chi connectivity index (χ1n) is 7.96. The topological polar surface area (TPSA) is 38.2 Å². The monoisotopic (exact) mass is 315 g/mol. The molecule has 0 unspecified atom stereocenters. The Morgan fingerprint density at radius 3 is 3.18 bits per heavy atom. The maximum Gasteiger partial charge on any atom is 0.125 e. The zero-order valence-corrected chi connectivity index (χ0v) is 13.6. The van der Waals surface area contributed by atoms with Crippen molar-refractivity contribution in [3.8, 4) is 0 Å². The largest absolute Gasteiger partial charge is 0.367 e. The summed E-state index contributed by atoms with van der Waals surface area (Å²) in [5.41, 5.74) is 2.47. The number of piperidine rings is 1. The Morgan fingerprint density at radius 1 is 1.41 bits per heavy atom. The van der Waals surface area contributed by atoms with Crippen molar-refractivity contribution >= 4 is 11.3 Å². The van der Waals surface area contributed by atoms with Gasteiger partial charge < -0.3 is 4.74 Å². The van der Waals surface area contributed by atoms with Crippen molar-refractivity contribution in [1.82, 2.24) is 14.9 Å². The van der Waals surface area contributed by atoms with Crippen LogP contribution in [0.5, 0.6) is 0 Å². The third-order valence-corrected chi connectivity index (χ3v) is 5.48. The second kappa shape index (κ2) is 6.07. The van der Waals surface area contributed by atoms with E-state index >= 15 is 0 Å². The van der Waals surface area contributed by atoms with Crippen LogP contribution in [0.1, 0.15) is 36.0 Å². The van der Waals surface area contributed by atoms with Crippen molar-refractivity contribution in [3.63, 3.8) is 0 Å². The predicted molar refractivity (Wildman–Crippen MR) is 86.7 cm³/mol. The van der Waals surface area contributed by atoms with Gasteiger partial charge in [-0.2, -0.15) is 11.3 Å². The normalized spacial score (nSPS) is 28.7. The zero-order valence-electron chi connectivity index (χ0n) is 12.8. The second-order valence-electron chi connectivity index (χ2n) is 6.34. The van der Waals surface area contributed by atoms with E-state index in [0.29, 0.717) is 12.0 Å². The first kappa shape index (κ1) is 14.3. The van der Waals surface area contributed by atoms with Crippen molar-refractivity contribution in [3.05, 3.63) is 46.2 Å². The van der Waals surface area contributed by atoms with E-state index in [9.17, 15) is 0 Å². The molecule has 5 heteroatoms. The van der Waals surface area contributed by atoms with Crippen molar-refractivity contribution in [2.45, 2.75) is 38.5 Å². The lowest BCUT2D eigenvalue weighted by Gasteiger charge is -2.33. The fraction of sp³-hybridized carbons (Fsp3) is 0.529. The van der Waals surface area contributed by atoms with Gasteiger partial charge in [-0.15, -0.1) is 0 Å². The lowest BCUT2D eigenvalue weighted by Crippen LogP contribution is -2.41. The summed E-state index contributed by atoms with van der Waals surface area (Å²) in [7, 11) is 0. The van der Waals surface area contributed by atoms with Crippen LogP contribution in [0.4, 0.5) is 0 Å². The van der Waals surface area contributed by atoms with Gasteiger partial charge in [0.2, 0.25) is 0 Å². The van der Waals surface area contributed by atoms with Crippen LogP contribution in [0.3, 0.4) is 0 Å². The Kier molecular flexibility index (Phi) is 3.94. The van der Waals surface area contributed by atoms with Crippen LogP contribution < -0.4 is 0 Å². The Labute approximate surface area is 135 Å². The molecule has 0 amide bonds. The van der Waals surface area contributed by atoms with E-state index in [-0.39, 0.29) is 6.10 Å². The molecule has 0 aliphatic carbocycles. The van der Waals surface area contributed by atoms with Gasteiger partial charge in [-0.05, 0) is 60.7 Å². The highest BCUT2D eigenvalue weighted by atomic mass is 32.1. The molecule has 0 saturated carbocycles. The quantitative estimate of drug-likeness (QED) is 0.872. The van der Waals surface area contributed by atoms with Crippen LogP contribution in [-0.2, 0) is 11.3 Å². The summed E-state index contributed by atoms with van der Waals surface area (Å²) in [5, 5.41) is 4.40. The summed E-state index contributed by atoms with van der Waals surface area (Å²) in [6.45, 7) is 5.21. The van der Waals surface area contributed by atoms with Gasteiger partial charge in [-0.3, -0.25) is 4.90 Å². The highest BCUT2D eigenvalue weighted by molar-refractivity contribution is 7.07. The molecule has 0 aromatic carbocycles. The molecule has 4 rings (SSSR count). The molecule has 22 heavy (non-hydrogen) atoms. The number of rotatable bonds is 3. The van der Waals surface area contributed by atoms with Gasteiger partial charge in [-0.25, -0.2) is 9.97 Å². The van der Waals surface area contributed by atoms with E-state index < -0.39 is 0 Å². The van der Waals surface area contributed by atoms with Gasteiger partial charge in [0.25, 0.3) is 0 Å². The number of aromatic nitrogens is 2. The van der Waals surface area contributed by atoms with Gasteiger partial charge in [0, 0.05) is 19.3 Å². The number of nitrogens with zero attached hydrogens (tertiary/aromatic N) is 3. The standard InChI is InChI=1S/C17H21N3OS/c1-12-18-5-2-15(19-12)16-8-14-3-6-20(10-17(14)21-16)9-13-4-7-22-11-13/h2,4-5,7,11,14,16-17H,3,6,8-10H2,1H3/t14-,16+,17+/m0/s1. The number of thiophene rings is 1. The highest BCUT2D eigenvalue weighted by Gasteiger charge is 2.40. The van der Waals surface area contributed by atoms with E-state index in [1.54, 1.807) is 11.3 Å². The van der Waals surface area contributed by atoms with E-state index in [2.05, 4.69) is 31.7 Å². The Hall–Kier alpha value is -1.30. The van der Waals surface area contributed by atoms with Crippen LogP contribution in [-0.4, -0.2) is 34.1 Å². The summed E-state index contributed by atoms with van der Waals surface area (Å²) in [4.78, 5) is 11.3. The molecule has 0 radical (unpaired) electrons. The van der Waals surface area contributed by atoms with Crippen molar-refractivity contribution in [2.24, 2.45) is 5.92 Å². The van der Waals surface area contributed by atoms with Gasteiger partial charge in [-0.1, -0.05) is 0 Å². The van der Waals surface area contributed by atoms with E-state index in [1.165, 1.54) is 18.5 Å². The number of ether oxygens (including phenoxy) is 1. The molecule has 2 aromatic rings. The summed E-state index contributed by atoms with van der Waals surface area (Å²) >= 11 is 1.77. The maximum atomic E-state index is 6.33. The van der Waals surface area contributed by atoms with E-state index in [1.807, 2.05) is 19.2 Å². The molecule has 0 spiro atoms. The molecule has 2 aliphatic rings. The zero-order chi connectivity index (χ0) is 14.9. The predicted octanol–water partition coefficient (Wildman–Crippen LogP) is 3.20. The number of aryl methyl sites for hydroxylation is 1. The maximum absolute atomic E-state index is 6.33. The minimum atomic E-state index is 0.151. The van der Waals surface area contributed by atoms with Crippen LogP contribution in [0, 0.1) is 12.8 Å². The van der Waals surface area contributed by atoms with Crippen LogP contribution in [0.15, 0.2) is 29.1 Å². The molecule has 0 bridgehead atoms. The summed E-state index contributed by atoms with van der Waals surface area (Å²) in [5.74, 6) is 1.51. The van der Waals surface area contributed by atoms with Crippen LogP contribution in [0.25, 0.3) is 0 Å². The van der Waals surface area contributed by atoms with Crippen LogP contribution in [0.2, 0.25) is 0 Å². The summed E-state index contributed by atoms with van der Waals surface area (Å²) in [6, 6.07) is 4.22. The fourth-order valence-electron chi connectivity index (χ4n) is 3.62. The van der Waals surface area contributed by atoms with Gasteiger partial charge >= 0.3 is 0 Å². The molecule has 4 heterocycles. The summed E-state index contributed by atoms with van der Waals surface area (Å²) in [6.07, 6.45) is 4.68. The average molecular weight is 315 g/mol. The van der Waals surface area contributed by atoms with Crippen LogP contribution >= 0.6 is 11.3 Å². The second-order valence-corrected chi connectivity index (χ2v) is 7.12. The van der Waals surface area contributed by atoms with Gasteiger partial charge in [0.15, 0.2) is 0 Å². The molecule has 2 aliphatic heterocycles. The van der Waals surface area contributed by atoms with Crippen molar-refractivity contribution in [1.29, 1.82) is 0 Å². The Morgan fingerprint density at radius 2 is 2.36 bits per heavy atom. The SMILES string of the molecule is Cc1nccc([C@H]2C[C@@H]3CCN(Cc4ccsc4)C[C@H]3O2)n1. The Balaban J connectivity index is 1.41. The Bertz CT molecular complexity index is 631. The number of likely N-dealkylation sites (tertiary alicyclic amines) is 1. The highest BCUT2D eigenvalue weighted by Crippen LogP contribution is 2.40. The smallest absolute Gasteiger partial charge is 0.125 e. The summed E-state index contributed by atoms with van der Waals surface area (Å²) < 4.78 is 6.33. The first-order chi connectivity index (χ1) is 10.8. The molecule has 116 valence electrons. The average Bonchev–Trinajstić information content (AvgIpc) is 3.16. The minimum absolute atomic E-state index is 0.151. The van der Waals surface area contributed by atoms with Crippen molar-refractivity contribution < 1.29 is 4.74 Å². The molecule has 3 atom stereocenters. The van der Waals surface area contributed by atoms with Crippen molar-refractivity contribution in [2.75, 3.05) is 13.1 Å². The van der Waals surface area contributed by atoms with E-state index in [4.69, 9.17) is 4.74 Å². The minimum Gasteiger partial charge on any atom is -0.367 e. The third kappa shape index (κ3) is 2.93. The lowest BCUT2D eigenvalue weighted by molar-refractivity contribution is -0.0107. The van der Waals surface area contributed by atoms with Gasteiger partial charge in [0.1, 0.15) is 11.9 Å². The number of hydrogen-bond donors (Lipinski definition) is 0. The third-order valence-electron chi connectivity index (χ3n) is 4.75. The molecule has 0 N–H and O–H groups in total. The molecule has 2 aromatic heterocycles. The molecular formula is C17H21N3OS. The lowest BCUT2D eigenvalue weighted by atomic mass is 9.91. The number of hydrogen-bond acceptors (Lipinski definition) is 5. The molecule has 2 saturated heterocycles. The number of fused-ring (bicyclic) bond motifs is 1.